The number of amides is 2. The highest BCUT2D eigenvalue weighted by Gasteiger charge is 2.22. The Hall–Kier alpha value is -2.04. The predicted octanol–water partition coefficient (Wildman–Crippen LogP) is 3.37. The number of hydrogen-bond donors (Lipinski definition) is 3. The molecule has 0 unspecified atom stereocenters. The molecule has 1 saturated carbocycles. The van der Waals surface area contributed by atoms with Gasteiger partial charge in [0.25, 0.3) is 0 Å². The molecule has 0 aliphatic heterocycles. The number of nitrogens with zero attached hydrogens (tertiary/aromatic N) is 1. The zero-order valence-electron chi connectivity index (χ0n) is 13.8. The van der Waals surface area contributed by atoms with E-state index in [-0.39, 0.29) is 6.03 Å². The largest absolute Gasteiger partial charge is 0.342 e. The lowest BCUT2D eigenvalue weighted by molar-refractivity contribution is 0.221. The SMILES string of the molecule is C[C@@H]1CCCC[C@H]1NC(=O)NCCCc1nc2ccccc2[nH]1. The number of aromatic amines is 1. The zero-order chi connectivity index (χ0) is 16.1. The Labute approximate surface area is 137 Å². The summed E-state index contributed by atoms with van der Waals surface area (Å²) in [6.07, 6.45) is 6.56. The number of aromatic nitrogens is 2. The molecule has 124 valence electrons. The van der Waals surface area contributed by atoms with Crippen molar-refractivity contribution in [3.63, 3.8) is 0 Å². The van der Waals surface area contributed by atoms with Gasteiger partial charge >= 0.3 is 6.03 Å². The minimum atomic E-state index is -0.0339. The van der Waals surface area contributed by atoms with Crippen molar-refractivity contribution in [3.05, 3.63) is 30.1 Å². The Morgan fingerprint density at radius 2 is 2.13 bits per heavy atom. The van der Waals surface area contributed by atoms with Gasteiger partial charge in [-0.1, -0.05) is 31.9 Å². The first-order valence-corrected chi connectivity index (χ1v) is 8.70. The average Bonchev–Trinajstić information content (AvgIpc) is 2.96. The maximum atomic E-state index is 12.0. The quantitative estimate of drug-likeness (QED) is 0.741. The molecule has 3 rings (SSSR count). The number of aryl methyl sites for hydroxylation is 1. The molecule has 1 aromatic heterocycles. The van der Waals surface area contributed by atoms with E-state index in [1.54, 1.807) is 0 Å². The Morgan fingerprint density at radius 3 is 2.96 bits per heavy atom. The van der Waals surface area contributed by atoms with Crippen molar-refractivity contribution < 1.29 is 4.79 Å². The summed E-state index contributed by atoms with van der Waals surface area (Å²) in [4.78, 5) is 19.8. The van der Waals surface area contributed by atoms with Crippen LogP contribution in [0.4, 0.5) is 4.79 Å². The fourth-order valence-electron chi connectivity index (χ4n) is 3.33. The van der Waals surface area contributed by atoms with E-state index in [9.17, 15) is 4.79 Å². The minimum absolute atomic E-state index is 0.0339. The summed E-state index contributed by atoms with van der Waals surface area (Å²) >= 11 is 0. The molecular weight excluding hydrogens is 288 g/mol. The summed E-state index contributed by atoms with van der Waals surface area (Å²) in [7, 11) is 0. The second-order valence-electron chi connectivity index (χ2n) is 6.57. The molecule has 3 N–H and O–H groups in total. The van der Waals surface area contributed by atoms with Gasteiger partial charge in [0, 0.05) is 19.0 Å². The maximum Gasteiger partial charge on any atom is 0.315 e. The molecule has 2 aromatic rings. The van der Waals surface area contributed by atoms with Crippen LogP contribution < -0.4 is 10.6 Å². The standard InChI is InChI=1S/C18H26N4O/c1-13-7-2-3-8-14(13)22-18(23)19-12-6-11-17-20-15-9-4-5-10-16(15)21-17/h4-5,9-10,13-14H,2-3,6-8,11-12H2,1H3,(H,20,21)(H2,19,22,23)/t13-,14-/m1/s1. The van der Waals surface area contributed by atoms with Crippen LogP contribution >= 0.6 is 0 Å². The van der Waals surface area contributed by atoms with Crippen molar-refractivity contribution in [2.75, 3.05) is 6.54 Å². The third-order valence-corrected chi connectivity index (χ3v) is 4.74. The molecule has 5 heteroatoms. The number of benzene rings is 1. The normalized spacial score (nSPS) is 21.3. The van der Waals surface area contributed by atoms with Crippen LogP contribution in [0.15, 0.2) is 24.3 Å². The molecule has 1 heterocycles. The molecule has 2 atom stereocenters. The molecule has 1 aromatic carbocycles. The molecule has 0 spiro atoms. The van der Waals surface area contributed by atoms with Gasteiger partial charge in [-0.3, -0.25) is 0 Å². The third-order valence-electron chi connectivity index (χ3n) is 4.74. The van der Waals surface area contributed by atoms with Crippen LogP contribution in [-0.4, -0.2) is 28.6 Å². The number of para-hydroxylation sites is 2. The smallest absolute Gasteiger partial charge is 0.315 e. The third kappa shape index (κ3) is 4.24. The maximum absolute atomic E-state index is 12.0. The number of H-pyrrole nitrogens is 1. The van der Waals surface area contributed by atoms with Gasteiger partial charge in [0.2, 0.25) is 0 Å². The van der Waals surface area contributed by atoms with E-state index in [1.165, 1.54) is 19.3 Å². The lowest BCUT2D eigenvalue weighted by Crippen LogP contribution is -2.46. The summed E-state index contributed by atoms with van der Waals surface area (Å²) in [5, 5.41) is 6.08. The summed E-state index contributed by atoms with van der Waals surface area (Å²) < 4.78 is 0. The highest BCUT2D eigenvalue weighted by atomic mass is 16.2. The molecule has 1 aliphatic rings. The number of carbonyl (C=O) groups is 1. The van der Waals surface area contributed by atoms with Gasteiger partial charge in [0.15, 0.2) is 0 Å². The first-order valence-electron chi connectivity index (χ1n) is 8.70. The van der Waals surface area contributed by atoms with Gasteiger partial charge in [-0.05, 0) is 37.3 Å². The van der Waals surface area contributed by atoms with Gasteiger partial charge in [0.1, 0.15) is 5.82 Å². The van der Waals surface area contributed by atoms with E-state index in [2.05, 4.69) is 27.5 Å². The number of urea groups is 1. The van der Waals surface area contributed by atoms with Crippen molar-refractivity contribution in [2.24, 2.45) is 5.92 Å². The monoisotopic (exact) mass is 314 g/mol. The summed E-state index contributed by atoms with van der Waals surface area (Å²) in [5.74, 6) is 1.57. The summed E-state index contributed by atoms with van der Waals surface area (Å²) in [6, 6.07) is 8.33. The molecule has 0 radical (unpaired) electrons. The van der Waals surface area contributed by atoms with Crippen LogP contribution in [0.25, 0.3) is 11.0 Å². The van der Waals surface area contributed by atoms with Crippen LogP contribution in [0, 0.1) is 5.92 Å². The van der Waals surface area contributed by atoms with Crippen LogP contribution in [0.3, 0.4) is 0 Å². The highest BCUT2D eigenvalue weighted by Crippen LogP contribution is 2.23. The number of fused-ring (bicyclic) bond motifs is 1. The van der Waals surface area contributed by atoms with E-state index in [0.29, 0.717) is 18.5 Å². The van der Waals surface area contributed by atoms with Gasteiger partial charge in [-0.2, -0.15) is 0 Å². The molecule has 1 aliphatic carbocycles. The van der Waals surface area contributed by atoms with Crippen molar-refractivity contribution in [2.45, 2.75) is 51.5 Å². The van der Waals surface area contributed by atoms with Gasteiger partial charge in [-0.15, -0.1) is 0 Å². The Balaban J connectivity index is 1.38. The molecule has 5 nitrogen and oxygen atoms in total. The number of hydrogen-bond acceptors (Lipinski definition) is 2. The predicted molar refractivity (Wildman–Crippen MR) is 92.4 cm³/mol. The van der Waals surface area contributed by atoms with Crippen LogP contribution in [0.5, 0.6) is 0 Å². The Morgan fingerprint density at radius 1 is 1.30 bits per heavy atom. The van der Waals surface area contributed by atoms with Crippen molar-refractivity contribution in [3.8, 4) is 0 Å². The lowest BCUT2D eigenvalue weighted by atomic mass is 9.86. The van der Waals surface area contributed by atoms with E-state index >= 15 is 0 Å². The first kappa shape index (κ1) is 15.8. The number of rotatable bonds is 5. The highest BCUT2D eigenvalue weighted by molar-refractivity contribution is 5.75. The van der Waals surface area contributed by atoms with E-state index in [4.69, 9.17) is 0 Å². The number of nitrogens with one attached hydrogen (secondary N) is 3. The molecular formula is C18H26N4O. The Bertz CT molecular complexity index is 618. The number of carbonyl (C=O) groups excluding carboxylic acids is 1. The second kappa shape index (κ2) is 7.49. The topological polar surface area (TPSA) is 69.8 Å². The fraction of sp³-hybridized carbons (Fsp3) is 0.556. The molecule has 23 heavy (non-hydrogen) atoms. The van der Waals surface area contributed by atoms with Crippen molar-refractivity contribution in [1.82, 2.24) is 20.6 Å². The van der Waals surface area contributed by atoms with Crippen LogP contribution in [-0.2, 0) is 6.42 Å². The van der Waals surface area contributed by atoms with Crippen LogP contribution in [0.1, 0.15) is 44.9 Å². The second-order valence-corrected chi connectivity index (χ2v) is 6.57. The van der Waals surface area contributed by atoms with E-state index in [0.717, 1.165) is 36.1 Å². The average molecular weight is 314 g/mol. The Kier molecular flexibility index (Phi) is 5.16. The fourth-order valence-corrected chi connectivity index (χ4v) is 3.33. The van der Waals surface area contributed by atoms with Crippen molar-refractivity contribution >= 4 is 17.1 Å². The lowest BCUT2D eigenvalue weighted by Gasteiger charge is -2.29. The van der Waals surface area contributed by atoms with Gasteiger partial charge in [0.05, 0.1) is 11.0 Å². The number of imidazole rings is 1. The molecule has 0 saturated heterocycles. The molecule has 0 bridgehead atoms. The van der Waals surface area contributed by atoms with E-state index < -0.39 is 0 Å². The first-order chi connectivity index (χ1) is 11.2. The van der Waals surface area contributed by atoms with Crippen molar-refractivity contribution in [1.29, 1.82) is 0 Å². The van der Waals surface area contributed by atoms with E-state index in [1.807, 2.05) is 24.3 Å². The van der Waals surface area contributed by atoms with Crippen LogP contribution in [0.2, 0.25) is 0 Å². The molecule has 2 amide bonds. The zero-order valence-corrected chi connectivity index (χ0v) is 13.8. The molecule has 1 fully saturated rings. The summed E-state index contributed by atoms with van der Waals surface area (Å²) in [6.45, 7) is 2.90. The van der Waals surface area contributed by atoms with Gasteiger partial charge in [-0.25, -0.2) is 9.78 Å². The van der Waals surface area contributed by atoms with Gasteiger partial charge < -0.3 is 15.6 Å². The summed E-state index contributed by atoms with van der Waals surface area (Å²) in [5.41, 5.74) is 2.07. The minimum Gasteiger partial charge on any atom is -0.342 e.